The fraction of sp³-hybridized carbons (Fsp3) is 0.600. The topological polar surface area (TPSA) is 54.0 Å². The van der Waals surface area contributed by atoms with E-state index in [4.69, 9.17) is 0 Å². The van der Waals surface area contributed by atoms with Crippen molar-refractivity contribution >= 4 is 11.7 Å². The third-order valence-corrected chi connectivity index (χ3v) is 3.53. The molecular weight excluding hydrogens is 238 g/mol. The summed E-state index contributed by atoms with van der Waals surface area (Å²) in [4.78, 5) is 16.8. The van der Waals surface area contributed by atoms with Gasteiger partial charge in [-0.3, -0.25) is 4.79 Å². The van der Waals surface area contributed by atoms with Gasteiger partial charge in [0.2, 0.25) is 0 Å². The summed E-state index contributed by atoms with van der Waals surface area (Å²) in [5, 5.41) is 6.10. The molecule has 1 aromatic rings. The van der Waals surface area contributed by atoms with Gasteiger partial charge < -0.3 is 10.6 Å². The van der Waals surface area contributed by atoms with Crippen molar-refractivity contribution in [2.45, 2.75) is 51.5 Å². The third-order valence-electron chi connectivity index (χ3n) is 3.53. The van der Waals surface area contributed by atoms with Crippen molar-refractivity contribution in [2.75, 3.05) is 12.4 Å². The van der Waals surface area contributed by atoms with Gasteiger partial charge in [-0.1, -0.05) is 20.8 Å². The van der Waals surface area contributed by atoms with Gasteiger partial charge in [0.25, 0.3) is 5.91 Å². The lowest BCUT2D eigenvalue weighted by Crippen LogP contribution is -2.34. The Bertz CT molecular complexity index is 499. The molecule has 1 amide bonds. The molecule has 1 aliphatic rings. The summed E-state index contributed by atoms with van der Waals surface area (Å²) in [5.74, 6) is 0.725. The molecule has 104 valence electrons. The highest BCUT2D eigenvalue weighted by atomic mass is 16.1. The summed E-state index contributed by atoms with van der Waals surface area (Å²) >= 11 is 0. The first-order valence-corrected chi connectivity index (χ1v) is 6.76. The third kappa shape index (κ3) is 3.25. The molecule has 19 heavy (non-hydrogen) atoms. The Morgan fingerprint density at radius 2 is 1.95 bits per heavy atom. The van der Waals surface area contributed by atoms with Crippen LogP contribution in [0.4, 0.5) is 5.82 Å². The monoisotopic (exact) mass is 261 g/mol. The number of hydrogen-bond donors (Lipinski definition) is 2. The van der Waals surface area contributed by atoms with Crippen molar-refractivity contribution in [3.05, 3.63) is 23.4 Å². The Balaban J connectivity index is 2.31. The van der Waals surface area contributed by atoms with Crippen LogP contribution in [-0.2, 0) is 5.41 Å². The number of carbonyl (C=O) groups is 1. The first-order chi connectivity index (χ1) is 8.73. The SMILES string of the molecule is CNc1cc(C(=O)NC2(C)CC2)cc(C(C)(C)C)n1. The zero-order chi connectivity index (χ0) is 14.3. The standard InChI is InChI=1S/C15H23N3O/c1-14(2,3)11-8-10(9-12(16-5)17-11)13(19)18-15(4)6-7-15/h8-9H,6-7H2,1-5H3,(H,16,17)(H,18,19). The van der Waals surface area contributed by atoms with E-state index in [-0.39, 0.29) is 16.9 Å². The first-order valence-electron chi connectivity index (χ1n) is 6.76. The summed E-state index contributed by atoms with van der Waals surface area (Å²) in [5.41, 5.74) is 1.52. The Kier molecular flexibility index (Phi) is 3.29. The molecule has 0 aliphatic heterocycles. The molecule has 4 heteroatoms. The fourth-order valence-electron chi connectivity index (χ4n) is 1.83. The normalized spacial score (nSPS) is 16.9. The second-order valence-corrected chi connectivity index (χ2v) is 6.64. The molecule has 4 nitrogen and oxygen atoms in total. The molecule has 2 rings (SSSR count). The highest BCUT2D eigenvalue weighted by Gasteiger charge is 2.39. The number of hydrogen-bond acceptors (Lipinski definition) is 3. The van der Waals surface area contributed by atoms with E-state index in [0.717, 1.165) is 24.4 Å². The fourth-order valence-corrected chi connectivity index (χ4v) is 1.83. The van der Waals surface area contributed by atoms with Crippen molar-refractivity contribution in [1.29, 1.82) is 0 Å². The molecule has 1 aromatic heterocycles. The van der Waals surface area contributed by atoms with Gasteiger partial charge >= 0.3 is 0 Å². The largest absolute Gasteiger partial charge is 0.373 e. The highest BCUT2D eigenvalue weighted by molar-refractivity contribution is 5.95. The first kappa shape index (κ1) is 13.8. The molecule has 0 bridgehead atoms. The van der Waals surface area contributed by atoms with Crippen molar-refractivity contribution < 1.29 is 4.79 Å². The van der Waals surface area contributed by atoms with Gasteiger partial charge in [0.05, 0.1) is 0 Å². The van der Waals surface area contributed by atoms with Crippen molar-refractivity contribution in [1.82, 2.24) is 10.3 Å². The van der Waals surface area contributed by atoms with Crippen LogP contribution in [0.25, 0.3) is 0 Å². The zero-order valence-electron chi connectivity index (χ0n) is 12.4. The van der Waals surface area contributed by atoms with E-state index in [1.165, 1.54) is 0 Å². The zero-order valence-corrected chi connectivity index (χ0v) is 12.4. The van der Waals surface area contributed by atoms with Crippen molar-refractivity contribution in [2.24, 2.45) is 0 Å². The Morgan fingerprint density at radius 1 is 1.32 bits per heavy atom. The Hall–Kier alpha value is -1.58. The van der Waals surface area contributed by atoms with Crippen LogP contribution in [0.1, 0.15) is 56.6 Å². The number of amides is 1. The predicted octanol–water partition coefficient (Wildman–Crippen LogP) is 2.70. The summed E-state index contributed by atoms with van der Waals surface area (Å²) < 4.78 is 0. The second kappa shape index (κ2) is 4.51. The Morgan fingerprint density at radius 3 is 2.42 bits per heavy atom. The molecule has 0 atom stereocenters. The molecule has 0 unspecified atom stereocenters. The Labute approximate surface area is 115 Å². The quantitative estimate of drug-likeness (QED) is 0.879. The van der Waals surface area contributed by atoms with Crippen molar-refractivity contribution in [3.63, 3.8) is 0 Å². The molecule has 1 heterocycles. The lowest BCUT2D eigenvalue weighted by molar-refractivity contribution is 0.0935. The number of anilines is 1. The summed E-state index contributed by atoms with van der Waals surface area (Å²) in [6.07, 6.45) is 2.13. The lowest BCUT2D eigenvalue weighted by atomic mass is 9.90. The van der Waals surface area contributed by atoms with Gasteiger partial charge in [-0.15, -0.1) is 0 Å². The van der Waals surface area contributed by atoms with Crippen LogP contribution in [0.5, 0.6) is 0 Å². The van der Waals surface area contributed by atoms with Gasteiger partial charge in [0.15, 0.2) is 0 Å². The number of nitrogens with one attached hydrogen (secondary N) is 2. The van der Waals surface area contributed by atoms with E-state index < -0.39 is 0 Å². The van der Waals surface area contributed by atoms with Crippen LogP contribution < -0.4 is 10.6 Å². The molecule has 1 fully saturated rings. The molecule has 2 N–H and O–H groups in total. The van der Waals surface area contributed by atoms with E-state index in [9.17, 15) is 4.79 Å². The maximum atomic E-state index is 12.3. The van der Waals surface area contributed by atoms with Crippen LogP contribution in [0.2, 0.25) is 0 Å². The van der Waals surface area contributed by atoms with Gasteiger partial charge in [0.1, 0.15) is 5.82 Å². The van der Waals surface area contributed by atoms with Crippen LogP contribution in [0.3, 0.4) is 0 Å². The molecule has 0 spiro atoms. The maximum Gasteiger partial charge on any atom is 0.251 e. The van der Waals surface area contributed by atoms with Crippen LogP contribution >= 0.6 is 0 Å². The predicted molar refractivity (Wildman–Crippen MR) is 77.6 cm³/mol. The van der Waals surface area contributed by atoms with E-state index in [0.29, 0.717) is 5.56 Å². The summed E-state index contributed by atoms with van der Waals surface area (Å²) in [7, 11) is 1.82. The maximum absolute atomic E-state index is 12.3. The average Bonchev–Trinajstić information content (AvgIpc) is 3.05. The van der Waals surface area contributed by atoms with Crippen LogP contribution in [-0.4, -0.2) is 23.5 Å². The average molecular weight is 261 g/mol. The highest BCUT2D eigenvalue weighted by Crippen LogP contribution is 2.34. The smallest absolute Gasteiger partial charge is 0.251 e. The lowest BCUT2D eigenvalue weighted by Gasteiger charge is -2.20. The minimum absolute atomic E-state index is 0.00204. The second-order valence-electron chi connectivity index (χ2n) is 6.64. The number of rotatable bonds is 3. The van der Waals surface area contributed by atoms with Gasteiger partial charge in [0, 0.05) is 29.3 Å². The minimum Gasteiger partial charge on any atom is -0.373 e. The molecule has 1 saturated carbocycles. The van der Waals surface area contributed by atoms with Crippen molar-refractivity contribution in [3.8, 4) is 0 Å². The van der Waals surface area contributed by atoms with E-state index in [1.54, 1.807) is 6.07 Å². The molecule has 0 saturated heterocycles. The number of nitrogens with zero attached hydrogens (tertiary/aromatic N) is 1. The summed E-state index contributed by atoms with van der Waals surface area (Å²) in [6.45, 7) is 8.37. The number of pyridine rings is 1. The van der Waals surface area contributed by atoms with E-state index in [2.05, 4.69) is 43.3 Å². The molecular formula is C15H23N3O. The van der Waals surface area contributed by atoms with E-state index >= 15 is 0 Å². The van der Waals surface area contributed by atoms with Gasteiger partial charge in [-0.2, -0.15) is 0 Å². The van der Waals surface area contributed by atoms with Gasteiger partial charge in [-0.25, -0.2) is 4.98 Å². The molecule has 0 aromatic carbocycles. The number of carbonyl (C=O) groups excluding carboxylic acids is 1. The van der Waals surface area contributed by atoms with Crippen LogP contribution in [0.15, 0.2) is 12.1 Å². The van der Waals surface area contributed by atoms with Gasteiger partial charge in [-0.05, 0) is 31.9 Å². The summed E-state index contributed by atoms with van der Waals surface area (Å²) in [6, 6.07) is 3.69. The number of aromatic nitrogens is 1. The minimum atomic E-state index is -0.0780. The van der Waals surface area contributed by atoms with Crippen LogP contribution in [0, 0.1) is 0 Å². The molecule has 0 radical (unpaired) electrons. The molecule has 1 aliphatic carbocycles. The van der Waals surface area contributed by atoms with E-state index in [1.807, 2.05) is 13.1 Å².